The van der Waals surface area contributed by atoms with Crippen LogP contribution < -0.4 is 5.43 Å². The van der Waals surface area contributed by atoms with Crippen molar-refractivity contribution in [3.05, 3.63) is 75.4 Å². The number of benzene rings is 2. The highest BCUT2D eigenvalue weighted by atomic mass is 35.5. The van der Waals surface area contributed by atoms with Gasteiger partial charge in [-0.25, -0.2) is 10.4 Å². The Morgan fingerprint density at radius 2 is 2.04 bits per heavy atom. The van der Waals surface area contributed by atoms with Crippen LogP contribution in [-0.2, 0) is 4.79 Å². The number of amides is 1. The topological polar surface area (TPSA) is 97.5 Å². The smallest absolute Gasteiger partial charge is 0.270 e. The molecule has 3 aromatic rings. The van der Waals surface area contributed by atoms with Crippen molar-refractivity contribution in [3.8, 4) is 0 Å². The summed E-state index contributed by atoms with van der Waals surface area (Å²) in [5.41, 5.74) is 3.36. The summed E-state index contributed by atoms with van der Waals surface area (Å²) in [7, 11) is 0. The third-order valence-electron chi connectivity index (χ3n) is 3.50. The first-order valence-electron chi connectivity index (χ1n) is 7.77. The third kappa shape index (κ3) is 5.02. The Labute approximate surface area is 163 Å². The minimum Gasteiger partial charge on any atom is -0.272 e. The Morgan fingerprint density at radius 3 is 2.78 bits per heavy atom. The number of nitrogens with one attached hydrogen (secondary N) is 1. The number of rotatable bonds is 6. The van der Waals surface area contributed by atoms with E-state index in [2.05, 4.69) is 15.5 Å². The van der Waals surface area contributed by atoms with E-state index in [9.17, 15) is 14.9 Å². The lowest BCUT2D eigenvalue weighted by Gasteiger charge is -2.03. The molecule has 1 amide bonds. The molecule has 0 aliphatic heterocycles. The lowest BCUT2D eigenvalue weighted by Crippen LogP contribution is -2.19. The first-order chi connectivity index (χ1) is 13.0. The Kier molecular flexibility index (Phi) is 6.00. The van der Waals surface area contributed by atoms with Gasteiger partial charge in [-0.3, -0.25) is 14.9 Å². The van der Waals surface area contributed by atoms with Gasteiger partial charge in [0.25, 0.3) is 5.69 Å². The largest absolute Gasteiger partial charge is 0.272 e. The van der Waals surface area contributed by atoms with E-state index in [4.69, 9.17) is 11.6 Å². The van der Waals surface area contributed by atoms with Crippen LogP contribution in [0.1, 0.15) is 5.56 Å². The van der Waals surface area contributed by atoms with Crippen molar-refractivity contribution >= 4 is 52.1 Å². The van der Waals surface area contributed by atoms with Crippen molar-refractivity contribution in [2.24, 2.45) is 5.10 Å². The molecule has 0 bridgehead atoms. The van der Waals surface area contributed by atoms with Crippen molar-refractivity contribution in [1.82, 2.24) is 10.4 Å². The molecule has 1 heterocycles. The monoisotopic (exact) mass is 400 g/mol. The molecule has 2 aromatic carbocycles. The fourth-order valence-electron chi connectivity index (χ4n) is 2.23. The molecule has 1 aromatic heterocycles. The first kappa shape index (κ1) is 18.8. The van der Waals surface area contributed by atoms with Gasteiger partial charge in [-0.05, 0) is 24.3 Å². The van der Waals surface area contributed by atoms with Gasteiger partial charge >= 0.3 is 0 Å². The molecule has 0 radical (unpaired) electrons. The molecule has 0 unspecified atom stereocenters. The van der Waals surface area contributed by atoms with Gasteiger partial charge in [0.15, 0.2) is 0 Å². The van der Waals surface area contributed by atoms with E-state index in [-0.39, 0.29) is 22.5 Å². The van der Waals surface area contributed by atoms with Crippen LogP contribution in [0, 0.1) is 10.1 Å². The maximum atomic E-state index is 11.9. The lowest BCUT2D eigenvalue weighted by molar-refractivity contribution is -0.384. The molecule has 7 nitrogen and oxygen atoms in total. The van der Waals surface area contributed by atoms with Crippen molar-refractivity contribution in [2.45, 2.75) is 4.90 Å². The second-order valence-electron chi connectivity index (χ2n) is 5.40. The van der Waals surface area contributed by atoms with Crippen LogP contribution in [0.3, 0.4) is 0 Å². The molecule has 0 atom stereocenters. The van der Waals surface area contributed by atoms with E-state index in [1.807, 2.05) is 30.3 Å². The van der Waals surface area contributed by atoms with Crippen LogP contribution in [0.2, 0.25) is 5.15 Å². The highest BCUT2D eigenvalue weighted by Crippen LogP contribution is 2.23. The van der Waals surface area contributed by atoms with Crippen LogP contribution in [0.5, 0.6) is 0 Å². The molecular weight excluding hydrogens is 388 g/mol. The van der Waals surface area contributed by atoms with E-state index in [0.29, 0.717) is 16.5 Å². The molecular formula is C18H13ClN4O3S. The number of carbonyl (C=O) groups is 1. The quantitative estimate of drug-likeness (QED) is 0.221. The summed E-state index contributed by atoms with van der Waals surface area (Å²) in [6.45, 7) is 0. The molecule has 3 rings (SSSR count). The van der Waals surface area contributed by atoms with E-state index in [0.717, 1.165) is 4.90 Å². The number of carbonyl (C=O) groups excluding carboxylic acids is 1. The molecule has 0 fully saturated rings. The van der Waals surface area contributed by atoms with Gasteiger partial charge in [0.05, 0.1) is 22.4 Å². The summed E-state index contributed by atoms with van der Waals surface area (Å²) >= 11 is 7.50. The van der Waals surface area contributed by atoms with Crippen LogP contribution in [0.15, 0.2) is 64.6 Å². The number of hydrogen-bond donors (Lipinski definition) is 1. The Morgan fingerprint density at radius 1 is 1.26 bits per heavy atom. The number of aromatic nitrogens is 1. The molecule has 136 valence electrons. The summed E-state index contributed by atoms with van der Waals surface area (Å²) in [6, 6.07) is 15.5. The van der Waals surface area contributed by atoms with Crippen molar-refractivity contribution in [2.75, 3.05) is 5.75 Å². The van der Waals surface area contributed by atoms with Crippen molar-refractivity contribution < 1.29 is 9.72 Å². The van der Waals surface area contributed by atoms with Gasteiger partial charge in [0, 0.05) is 28.0 Å². The summed E-state index contributed by atoms with van der Waals surface area (Å²) in [5.74, 6) is -0.0438. The SMILES string of the molecule is O=C(CSc1ccccc1)N/N=C\c1cc2cc([N+](=O)[O-])ccc2nc1Cl. The second kappa shape index (κ2) is 8.61. The molecule has 0 saturated carbocycles. The number of thioether (sulfide) groups is 1. The Balaban J connectivity index is 1.66. The zero-order valence-electron chi connectivity index (χ0n) is 13.8. The number of nitro benzene ring substituents is 1. The highest BCUT2D eigenvalue weighted by Gasteiger charge is 2.09. The predicted molar refractivity (Wildman–Crippen MR) is 106 cm³/mol. The number of hydrogen-bond acceptors (Lipinski definition) is 6. The average Bonchev–Trinajstić information content (AvgIpc) is 2.67. The second-order valence-corrected chi connectivity index (χ2v) is 6.80. The van der Waals surface area contributed by atoms with E-state index >= 15 is 0 Å². The Bertz CT molecular complexity index is 1030. The number of hydrazone groups is 1. The standard InChI is InChI=1S/C18H13ClN4O3S/c19-18-13(8-12-9-14(23(25)26)6-7-16(12)21-18)10-20-22-17(24)11-27-15-4-2-1-3-5-15/h1-10H,11H2,(H,22,24)/b20-10-. The van der Waals surface area contributed by atoms with E-state index < -0.39 is 4.92 Å². The Hall–Kier alpha value is -2.97. The lowest BCUT2D eigenvalue weighted by atomic mass is 10.1. The van der Waals surface area contributed by atoms with E-state index in [1.54, 1.807) is 6.07 Å². The maximum Gasteiger partial charge on any atom is 0.270 e. The summed E-state index contributed by atoms with van der Waals surface area (Å²) in [6.07, 6.45) is 1.36. The van der Waals surface area contributed by atoms with Gasteiger partial charge in [-0.15, -0.1) is 11.8 Å². The molecule has 27 heavy (non-hydrogen) atoms. The first-order valence-corrected chi connectivity index (χ1v) is 9.14. The van der Waals surface area contributed by atoms with Crippen LogP contribution >= 0.6 is 23.4 Å². The third-order valence-corrected chi connectivity index (χ3v) is 4.81. The number of fused-ring (bicyclic) bond motifs is 1. The number of nitro groups is 1. The summed E-state index contributed by atoms with van der Waals surface area (Å²) < 4.78 is 0. The molecule has 0 spiro atoms. The zero-order valence-corrected chi connectivity index (χ0v) is 15.4. The van der Waals surface area contributed by atoms with Gasteiger partial charge < -0.3 is 0 Å². The molecule has 0 aliphatic carbocycles. The average molecular weight is 401 g/mol. The van der Waals surface area contributed by atoms with Gasteiger partial charge in [-0.1, -0.05) is 29.8 Å². The normalized spacial score (nSPS) is 11.0. The molecule has 9 heteroatoms. The number of halogens is 1. The molecule has 0 saturated heterocycles. The van der Waals surface area contributed by atoms with Gasteiger partial charge in [-0.2, -0.15) is 5.10 Å². The summed E-state index contributed by atoms with van der Waals surface area (Å²) in [5, 5.41) is 15.5. The zero-order chi connectivity index (χ0) is 19.2. The fraction of sp³-hybridized carbons (Fsp3) is 0.0556. The minimum atomic E-state index is -0.480. The fourth-order valence-corrected chi connectivity index (χ4v) is 3.14. The number of pyridine rings is 1. The van der Waals surface area contributed by atoms with Crippen LogP contribution in [0.25, 0.3) is 10.9 Å². The van der Waals surface area contributed by atoms with E-state index in [1.165, 1.54) is 36.2 Å². The van der Waals surface area contributed by atoms with Crippen LogP contribution in [-0.4, -0.2) is 27.8 Å². The summed E-state index contributed by atoms with van der Waals surface area (Å²) in [4.78, 5) is 27.4. The predicted octanol–water partition coefficient (Wildman–Crippen LogP) is 4.04. The van der Waals surface area contributed by atoms with Crippen molar-refractivity contribution in [1.29, 1.82) is 0 Å². The maximum absolute atomic E-state index is 11.9. The minimum absolute atomic E-state index is 0.0410. The number of non-ortho nitro benzene ring substituents is 1. The van der Waals surface area contributed by atoms with Gasteiger partial charge in [0.1, 0.15) is 5.15 Å². The molecule has 0 aliphatic rings. The highest BCUT2D eigenvalue weighted by molar-refractivity contribution is 8.00. The van der Waals surface area contributed by atoms with Gasteiger partial charge in [0.2, 0.25) is 5.91 Å². The van der Waals surface area contributed by atoms with Crippen molar-refractivity contribution in [3.63, 3.8) is 0 Å². The van der Waals surface area contributed by atoms with Crippen LogP contribution in [0.4, 0.5) is 5.69 Å². The number of nitrogens with zero attached hydrogens (tertiary/aromatic N) is 3. The molecule has 1 N–H and O–H groups in total.